The zero-order chi connectivity index (χ0) is 43.5. The van der Waals surface area contributed by atoms with Crippen LogP contribution in [0.3, 0.4) is 0 Å². The number of carbonyl (C=O) groups excluding carboxylic acids is 3. The fourth-order valence-corrected chi connectivity index (χ4v) is 8.52. The van der Waals surface area contributed by atoms with E-state index >= 15 is 0 Å². The van der Waals surface area contributed by atoms with E-state index in [1.807, 2.05) is 0 Å². The Morgan fingerprint density at radius 3 is 2.34 bits per heavy atom. The van der Waals surface area contributed by atoms with Gasteiger partial charge in [-0.3, -0.25) is 32.9 Å². The molecule has 7 N–H and O–H groups in total. The normalized spacial score (nSPS) is 21.2. The number of nitrogens with zero attached hydrogens (tertiary/aromatic N) is 4. The number of nitrogen functional groups attached to an aromatic ring is 1. The van der Waals surface area contributed by atoms with Gasteiger partial charge in [0.25, 0.3) is 15.6 Å². The smallest absolute Gasteiger partial charge is 0.303 e. The van der Waals surface area contributed by atoms with E-state index in [2.05, 4.69) is 43.5 Å². The molecule has 30 heteroatoms. The molecule has 3 heterocycles. The van der Waals surface area contributed by atoms with Crippen LogP contribution in [-0.2, 0) is 55.5 Å². The second-order valence-electron chi connectivity index (χ2n) is 13.2. The predicted octanol–water partition coefficient (Wildman–Crippen LogP) is -2.83. The van der Waals surface area contributed by atoms with Crippen molar-refractivity contribution >= 4 is 75.1 Å². The Morgan fingerprint density at radius 2 is 1.67 bits per heavy atom. The number of thioether (sulfide) groups is 1. The summed E-state index contributed by atoms with van der Waals surface area (Å²) in [5, 5.41) is 34.6. The van der Waals surface area contributed by atoms with Crippen LogP contribution in [0.1, 0.15) is 58.6 Å². The lowest BCUT2D eigenvalue weighted by Crippen LogP contribution is -2.46. The summed E-state index contributed by atoms with van der Waals surface area (Å²) in [6.45, 7) is -0.0449. The van der Waals surface area contributed by atoms with Gasteiger partial charge in [-0.1, -0.05) is 32.0 Å². The molecule has 1 saturated heterocycles. The second kappa shape index (κ2) is 21.5. The van der Waals surface area contributed by atoms with Crippen molar-refractivity contribution in [2.45, 2.75) is 83.0 Å². The van der Waals surface area contributed by atoms with Crippen LogP contribution in [0.4, 0.5) is 5.82 Å². The van der Waals surface area contributed by atoms with Crippen LogP contribution in [0.15, 0.2) is 12.7 Å². The van der Waals surface area contributed by atoms with E-state index in [0.29, 0.717) is 19.3 Å². The van der Waals surface area contributed by atoms with E-state index in [9.17, 15) is 62.7 Å². The van der Waals surface area contributed by atoms with Crippen LogP contribution in [0.5, 0.6) is 0 Å². The van der Waals surface area contributed by atoms with Gasteiger partial charge in [0, 0.05) is 43.5 Å². The number of unbranched alkanes of at least 4 members (excludes halogenated alkanes) is 2. The fourth-order valence-electron chi connectivity index (χ4n) is 5.07. The van der Waals surface area contributed by atoms with E-state index in [1.165, 1.54) is 13.8 Å². The maximum Gasteiger partial charge on any atom is 0.303 e. The Kier molecular flexibility index (Phi) is 18.3. The number of aliphatic carboxylic acids is 1. The molecule has 0 aromatic carbocycles. The molecule has 58 heavy (non-hydrogen) atoms. The molecule has 1 aliphatic heterocycles. The molecule has 0 bridgehead atoms. The SMILES string of the molecule is CC(C)(COP(=O)([O-])OP(=O)([O-])OC[C@H]1O[C@@H](n2cnc3c(N)ncnc32)[C@H](O)[C@@H]1OP(=O)([O-])[O-])[C@@H](O)C(=O)NCCC(=O)NCCSC(=O)CCCCCC(=O)O. The Labute approximate surface area is 334 Å². The van der Waals surface area contributed by atoms with E-state index in [1.54, 1.807) is 0 Å². The number of imidazole rings is 1. The number of ether oxygens (including phenoxy) is 1. The summed E-state index contributed by atoms with van der Waals surface area (Å²) in [6, 6.07) is 0. The largest absolute Gasteiger partial charge is 0.790 e. The molecule has 328 valence electrons. The average molecular weight is 906 g/mol. The number of fused-ring (bicyclic) bond motifs is 1. The predicted molar refractivity (Wildman–Crippen MR) is 189 cm³/mol. The number of phosphoric ester groups is 3. The standard InChI is InChI=1S/C28H46N7O19P3S/c1-28(2,23(41)26(42)31-9-8-17(36)30-10-11-58-19(39)7-5-3-4-6-18(37)38)13-51-57(48,49)54-56(46,47)50-12-16-22(53-55(43,44)45)21(40)27(52-16)35-15-34-20-24(29)32-14-33-25(20)35/h14-16,21-23,27,40-41H,3-13H2,1-2H3,(H,30,36)(H,31,42)(H,37,38)(H,46,47)(H,48,49)(H2,29,32,33)(H2,43,44,45)/p-4/t16-,21-,22-,23+,27-/m1/s1. The second-order valence-corrected chi connectivity index (χ2v) is 18.4. The van der Waals surface area contributed by atoms with Crippen molar-refractivity contribution in [3.8, 4) is 0 Å². The minimum atomic E-state index is -5.93. The number of carboxylic acid groups (broad SMARTS) is 1. The first-order chi connectivity index (χ1) is 26.9. The van der Waals surface area contributed by atoms with E-state index in [0.717, 1.165) is 29.0 Å². The molecule has 2 aromatic heterocycles. The van der Waals surface area contributed by atoms with Crippen molar-refractivity contribution in [1.82, 2.24) is 30.2 Å². The summed E-state index contributed by atoms with van der Waals surface area (Å²) in [7, 11) is -17.6. The van der Waals surface area contributed by atoms with Gasteiger partial charge >= 0.3 is 5.97 Å². The first-order valence-electron chi connectivity index (χ1n) is 17.1. The third-order valence-electron chi connectivity index (χ3n) is 8.01. The van der Waals surface area contributed by atoms with Crippen LogP contribution >= 0.6 is 35.2 Å². The van der Waals surface area contributed by atoms with E-state index in [-0.39, 0.29) is 60.2 Å². The Balaban J connectivity index is 1.44. The maximum atomic E-state index is 12.5. The van der Waals surface area contributed by atoms with E-state index in [4.69, 9.17) is 15.6 Å². The third kappa shape index (κ3) is 15.9. The van der Waals surface area contributed by atoms with Gasteiger partial charge in [0.1, 0.15) is 36.3 Å². The van der Waals surface area contributed by atoms with Crippen molar-refractivity contribution in [1.29, 1.82) is 0 Å². The molecule has 2 amide bonds. The van der Waals surface area contributed by atoms with Gasteiger partial charge in [-0.25, -0.2) is 19.3 Å². The molecule has 0 radical (unpaired) electrons. The summed E-state index contributed by atoms with van der Waals surface area (Å²) in [4.78, 5) is 106. The van der Waals surface area contributed by atoms with Gasteiger partial charge in [0.05, 0.1) is 27.4 Å². The number of carboxylic acids is 1. The molecule has 1 aliphatic rings. The lowest BCUT2D eigenvalue weighted by atomic mass is 9.87. The quantitative estimate of drug-likeness (QED) is 0.0432. The van der Waals surface area contributed by atoms with Crippen molar-refractivity contribution in [3.63, 3.8) is 0 Å². The molecule has 2 aromatic rings. The summed E-state index contributed by atoms with van der Waals surface area (Å²) in [5.41, 5.74) is 4.03. The summed E-state index contributed by atoms with van der Waals surface area (Å²) < 4.78 is 60.4. The lowest BCUT2D eigenvalue weighted by molar-refractivity contribution is -0.347. The van der Waals surface area contributed by atoms with Crippen molar-refractivity contribution in [2.24, 2.45) is 5.41 Å². The number of nitrogens with one attached hydrogen (secondary N) is 2. The first-order valence-corrected chi connectivity index (χ1v) is 22.5. The van der Waals surface area contributed by atoms with Crippen LogP contribution in [-0.4, -0.2) is 114 Å². The molecule has 0 spiro atoms. The van der Waals surface area contributed by atoms with Crippen LogP contribution in [0.25, 0.3) is 11.2 Å². The summed E-state index contributed by atoms with van der Waals surface area (Å²) >= 11 is 1.01. The molecule has 7 atom stereocenters. The number of anilines is 1. The highest BCUT2D eigenvalue weighted by molar-refractivity contribution is 8.13. The van der Waals surface area contributed by atoms with Crippen molar-refractivity contribution < 1.29 is 90.4 Å². The summed E-state index contributed by atoms with van der Waals surface area (Å²) in [6.07, 6.45) is -5.77. The Hall–Kier alpha value is -2.97. The Morgan fingerprint density at radius 1 is 1.00 bits per heavy atom. The van der Waals surface area contributed by atoms with Crippen LogP contribution < -0.4 is 35.9 Å². The van der Waals surface area contributed by atoms with Crippen molar-refractivity contribution in [2.75, 3.05) is 37.8 Å². The number of hydrogen-bond acceptors (Lipinski definition) is 23. The first kappa shape index (κ1) is 49.4. The highest BCUT2D eigenvalue weighted by Gasteiger charge is 2.47. The number of aromatic nitrogens is 4. The zero-order valence-electron chi connectivity index (χ0n) is 30.8. The van der Waals surface area contributed by atoms with Gasteiger partial charge in [-0.15, -0.1) is 0 Å². The number of carbonyl (C=O) groups is 4. The van der Waals surface area contributed by atoms with E-state index < -0.39 is 90.5 Å². The number of phosphoric acid groups is 3. The lowest BCUT2D eigenvalue weighted by Gasteiger charge is -2.36. The molecule has 0 saturated carbocycles. The molecule has 2 unspecified atom stereocenters. The highest BCUT2D eigenvalue weighted by Crippen LogP contribution is 2.56. The molecular weight excluding hydrogens is 863 g/mol. The number of aliphatic hydroxyl groups is 2. The number of hydrogen-bond donors (Lipinski definition) is 6. The number of rotatable bonds is 25. The van der Waals surface area contributed by atoms with Gasteiger partial charge in [-0.2, -0.15) is 0 Å². The molecule has 26 nitrogen and oxygen atoms in total. The third-order valence-corrected chi connectivity index (χ3v) is 12.0. The number of nitrogens with two attached hydrogens (primary N) is 1. The number of amides is 2. The van der Waals surface area contributed by atoms with Gasteiger partial charge in [-0.05, 0) is 12.8 Å². The Bertz CT molecular complexity index is 1900. The van der Waals surface area contributed by atoms with Gasteiger partial charge in [0.15, 0.2) is 22.8 Å². The average Bonchev–Trinajstić information content (AvgIpc) is 3.67. The maximum absolute atomic E-state index is 12.5. The minimum Gasteiger partial charge on any atom is -0.790 e. The zero-order valence-corrected chi connectivity index (χ0v) is 34.3. The molecular formula is C28H42N7O19P3S-4. The van der Waals surface area contributed by atoms with Crippen LogP contribution in [0, 0.1) is 5.41 Å². The monoisotopic (exact) mass is 905 g/mol. The van der Waals surface area contributed by atoms with Crippen LogP contribution in [0.2, 0.25) is 0 Å². The van der Waals surface area contributed by atoms with Gasteiger partial charge in [0.2, 0.25) is 11.8 Å². The minimum absolute atomic E-state index is 0.0293. The van der Waals surface area contributed by atoms with Gasteiger partial charge < -0.3 is 74.1 Å². The highest BCUT2D eigenvalue weighted by atomic mass is 32.2. The van der Waals surface area contributed by atoms with Crippen molar-refractivity contribution in [3.05, 3.63) is 12.7 Å². The number of aliphatic hydroxyl groups excluding tert-OH is 2. The summed E-state index contributed by atoms with van der Waals surface area (Å²) in [5.74, 6) is -2.24. The molecule has 1 fully saturated rings. The molecule has 3 rings (SSSR count). The fraction of sp³-hybridized carbons (Fsp3) is 0.679. The molecule has 0 aliphatic carbocycles. The topological polar surface area (TPSA) is 412 Å².